The number of halogens is 2. The van der Waals surface area contributed by atoms with Crippen LogP contribution in [0, 0.1) is 12.3 Å². The van der Waals surface area contributed by atoms with Crippen molar-refractivity contribution in [1.82, 2.24) is 4.98 Å². The third-order valence-corrected chi connectivity index (χ3v) is 7.78. The zero-order valence-electron chi connectivity index (χ0n) is 23.1. The van der Waals surface area contributed by atoms with Crippen molar-refractivity contribution in [3.8, 4) is 18.1 Å². The lowest BCUT2D eigenvalue weighted by atomic mass is 9.90. The minimum Gasteiger partial charge on any atom is -0.476 e. The topological polar surface area (TPSA) is 95.0 Å². The summed E-state index contributed by atoms with van der Waals surface area (Å²) >= 11 is 13.1. The maximum absolute atomic E-state index is 14.3. The highest BCUT2D eigenvalue weighted by molar-refractivity contribution is 6.37. The first kappa shape index (κ1) is 30.4. The third-order valence-electron chi connectivity index (χ3n) is 7.18. The maximum atomic E-state index is 14.3. The fourth-order valence-electron chi connectivity index (χ4n) is 5.05. The van der Waals surface area contributed by atoms with Crippen LogP contribution in [0.4, 0.5) is 5.69 Å². The predicted molar refractivity (Wildman–Crippen MR) is 156 cm³/mol. The van der Waals surface area contributed by atoms with Crippen LogP contribution in [0.5, 0.6) is 5.75 Å². The average molecular weight is 600 g/mol. The van der Waals surface area contributed by atoms with Gasteiger partial charge in [-0.15, -0.1) is 6.42 Å². The summed E-state index contributed by atoms with van der Waals surface area (Å²) in [5, 5.41) is 0.410. The number of esters is 2. The molecule has 4 rings (SSSR count). The van der Waals surface area contributed by atoms with Gasteiger partial charge >= 0.3 is 11.9 Å². The molecule has 10 heteroatoms. The second-order valence-electron chi connectivity index (χ2n) is 10.1. The van der Waals surface area contributed by atoms with Crippen molar-refractivity contribution in [2.24, 2.45) is 0 Å². The average Bonchev–Trinajstić information content (AvgIpc) is 3.49. The molecular weight excluding hydrogens is 567 g/mol. The first-order chi connectivity index (χ1) is 19.7. The van der Waals surface area contributed by atoms with Crippen LogP contribution >= 0.6 is 23.2 Å². The van der Waals surface area contributed by atoms with Crippen LogP contribution in [0.2, 0.25) is 10.0 Å². The summed E-state index contributed by atoms with van der Waals surface area (Å²) in [6.07, 6.45) is 13.8. The molecule has 216 valence electrons. The van der Waals surface area contributed by atoms with Crippen LogP contribution in [0.25, 0.3) is 0 Å². The number of benzene rings is 1. The van der Waals surface area contributed by atoms with E-state index in [2.05, 4.69) is 10.9 Å². The molecule has 1 aromatic carbocycles. The van der Waals surface area contributed by atoms with Crippen LogP contribution in [-0.2, 0) is 25.6 Å². The summed E-state index contributed by atoms with van der Waals surface area (Å²) < 4.78 is 16.4. The number of rotatable bonds is 9. The smallest absolute Gasteiger partial charge is 0.339 e. The van der Waals surface area contributed by atoms with E-state index in [0.29, 0.717) is 35.2 Å². The Labute approximate surface area is 249 Å². The van der Waals surface area contributed by atoms with Crippen molar-refractivity contribution in [2.45, 2.75) is 77.0 Å². The molecule has 0 radical (unpaired) electrons. The summed E-state index contributed by atoms with van der Waals surface area (Å²) in [5.41, 5.74) is 1.83. The number of carbonyl (C=O) groups excluding carboxylic acids is 3. The summed E-state index contributed by atoms with van der Waals surface area (Å²) in [6, 6.07) is 4.62. The summed E-state index contributed by atoms with van der Waals surface area (Å²) in [5.74, 6) is 1.31. The maximum Gasteiger partial charge on any atom is 0.339 e. The van der Waals surface area contributed by atoms with Crippen molar-refractivity contribution in [3.63, 3.8) is 0 Å². The van der Waals surface area contributed by atoms with Gasteiger partial charge in [-0.2, -0.15) is 0 Å². The van der Waals surface area contributed by atoms with Crippen molar-refractivity contribution < 1.29 is 28.6 Å². The van der Waals surface area contributed by atoms with Gasteiger partial charge in [-0.3, -0.25) is 9.78 Å². The molecule has 2 aromatic rings. The molecule has 41 heavy (non-hydrogen) atoms. The Balaban J connectivity index is 1.78. The zero-order chi connectivity index (χ0) is 29.5. The molecule has 1 atom stereocenters. The van der Waals surface area contributed by atoms with Crippen LogP contribution in [0.1, 0.15) is 74.2 Å². The van der Waals surface area contributed by atoms with Crippen molar-refractivity contribution in [1.29, 1.82) is 0 Å². The Kier molecular flexibility index (Phi) is 10.3. The Morgan fingerprint density at radius 2 is 1.73 bits per heavy atom. The van der Waals surface area contributed by atoms with E-state index >= 15 is 0 Å². The van der Waals surface area contributed by atoms with Crippen molar-refractivity contribution in [2.75, 3.05) is 12.0 Å². The summed E-state index contributed by atoms with van der Waals surface area (Å²) in [4.78, 5) is 45.4. The number of ether oxygens (including phenoxy) is 3. The van der Waals surface area contributed by atoms with Gasteiger partial charge in [-0.1, -0.05) is 29.1 Å². The monoisotopic (exact) mass is 598 g/mol. The molecule has 2 aliphatic rings. The van der Waals surface area contributed by atoms with Crippen LogP contribution in [0.15, 0.2) is 41.7 Å². The second kappa shape index (κ2) is 13.9. The Morgan fingerprint density at radius 3 is 2.41 bits per heavy atom. The normalized spacial score (nSPS) is 16.1. The number of aromatic nitrogens is 1. The highest BCUT2D eigenvalue weighted by Crippen LogP contribution is 2.39. The standard InChI is InChI=1S/C31H32Cl2N2O6/c1-4-19(2)40-28-15-27(25(32)14-26(28)33)35(18-20-13-21(17-34-16-20)30(37)39-3)29(36)23-11-7-8-12-24(23)31(38)41-22-9-5-6-10-22/h1,13-17,19,22H,5-12,18H2,2-3H3. The zero-order valence-corrected chi connectivity index (χ0v) is 24.6. The Bertz CT molecular complexity index is 1390. The number of methoxy groups -OCH3 is 1. The number of carbonyl (C=O) groups is 3. The first-order valence-corrected chi connectivity index (χ1v) is 14.4. The molecule has 1 aromatic heterocycles. The van der Waals surface area contributed by atoms with E-state index in [1.165, 1.54) is 24.3 Å². The molecule has 1 unspecified atom stereocenters. The first-order valence-electron chi connectivity index (χ1n) is 13.6. The minimum atomic E-state index is -0.593. The molecule has 1 amide bonds. The van der Waals surface area contributed by atoms with Gasteiger partial charge in [0.05, 0.1) is 35.0 Å². The van der Waals surface area contributed by atoms with E-state index < -0.39 is 23.9 Å². The quantitative estimate of drug-likeness (QED) is 0.241. The second-order valence-corrected chi connectivity index (χ2v) is 10.9. The molecule has 8 nitrogen and oxygen atoms in total. The van der Waals surface area contributed by atoms with Gasteiger partial charge in [-0.25, -0.2) is 9.59 Å². The van der Waals surface area contributed by atoms with Gasteiger partial charge in [0.25, 0.3) is 5.91 Å². The molecule has 1 saturated carbocycles. The lowest BCUT2D eigenvalue weighted by Crippen LogP contribution is -2.34. The van der Waals surface area contributed by atoms with Gasteiger partial charge in [0.1, 0.15) is 11.9 Å². The number of amides is 1. The van der Waals surface area contributed by atoms with E-state index in [1.807, 2.05) is 0 Å². The molecule has 1 fully saturated rings. The van der Waals surface area contributed by atoms with Gasteiger partial charge in [0, 0.05) is 29.6 Å². The van der Waals surface area contributed by atoms with Crippen molar-refractivity contribution in [3.05, 3.63) is 62.9 Å². The fourth-order valence-corrected chi connectivity index (χ4v) is 5.58. The highest BCUT2D eigenvalue weighted by atomic mass is 35.5. The molecule has 0 bridgehead atoms. The fraction of sp³-hybridized carbons (Fsp3) is 0.419. The highest BCUT2D eigenvalue weighted by Gasteiger charge is 2.32. The number of terminal acetylenes is 1. The summed E-state index contributed by atoms with van der Waals surface area (Å²) in [6.45, 7) is 1.67. The van der Waals surface area contributed by atoms with Gasteiger partial charge < -0.3 is 19.1 Å². The Hall–Kier alpha value is -3.54. The summed E-state index contributed by atoms with van der Waals surface area (Å²) in [7, 11) is 1.28. The molecular formula is C31H32Cl2N2O6. The van der Waals surface area contributed by atoms with Crippen LogP contribution in [0.3, 0.4) is 0 Å². The molecule has 1 heterocycles. The van der Waals surface area contributed by atoms with E-state index in [1.54, 1.807) is 25.3 Å². The van der Waals surface area contributed by atoms with Crippen molar-refractivity contribution >= 4 is 46.7 Å². The molecule has 0 aliphatic heterocycles. The van der Waals surface area contributed by atoms with Gasteiger partial charge in [0.15, 0.2) is 6.10 Å². The molecule has 2 aliphatic carbocycles. The lowest BCUT2D eigenvalue weighted by molar-refractivity contribution is -0.144. The lowest BCUT2D eigenvalue weighted by Gasteiger charge is -2.29. The molecule has 0 spiro atoms. The number of pyridine rings is 1. The number of nitrogens with zero attached hydrogens (tertiary/aromatic N) is 2. The molecule has 0 N–H and O–H groups in total. The number of anilines is 1. The van der Waals surface area contributed by atoms with Crippen LogP contribution < -0.4 is 9.64 Å². The van der Waals surface area contributed by atoms with E-state index in [4.69, 9.17) is 43.8 Å². The largest absolute Gasteiger partial charge is 0.476 e. The van der Waals surface area contributed by atoms with Gasteiger partial charge in [-0.05, 0) is 76.0 Å². The number of hydrogen-bond acceptors (Lipinski definition) is 7. The van der Waals surface area contributed by atoms with E-state index in [-0.39, 0.29) is 34.0 Å². The van der Waals surface area contributed by atoms with Crippen LogP contribution in [-0.4, -0.2) is 42.1 Å². The predicted octanol–water partition coefficient (Wildman–Crippen LogP) is 6.47. The van der Waals surface area contributed by atoms with E-state index in [0.717, 1.165) is 38.5 Å². The molecule has 0 saturated heterocycles. The van der Waals surface area contributed by atoms with E-state index in [9.17, 15) is 14.4 Å². The van der Waals surface area contributed by atoms with Gasteiger partial charge in [0.2, 0.25) is 0 Å². The number of hydrogen-bond donors (Lipinski definition) is 0. The SMILES string of the molecule is C#CC(C)Oc1cc(N(Cc2cncc(C(=O)OC)c2)C(=O)C2=C(C(=O)OC3CCCC3)CCCC2)c(Cl)cc1Cl. The third kappa shape index (κ3) is 7.41. The minimum absolute atomic E-state index is 0.0173. The Morgan fingerprint density at radius 1 is 1.02 bits per heavy atom.